The van der Waals surface area contributed by atoms with Crippen LogP contribution in [0.5, 0.6) is 0 Å². The molecule has 1 saturated heterocycles. The number of allylic oxidation sites excluding steroid dienone is 1. The summed E-state index contributed by atoms with van der Waals surface area (Å²) < 4.78 is 7.12. The fourth-order valence-electron chi connectivity index (χ4n) is 4.32. The third-order valence-corrected chi connectivity index (χ3v) is 6.81. The van der Waals surface area contributed by atoms with Crippen molar-refractivity contribution in [3.63, 3.8) is 0 Å². The lowest BCUT2D eigenvalue weighted by molar-refractivity contribution is -0.127. The molecule has 2 amide bonds. The van der Waals surface area contributed by atoms with E-state index in [2.05, 4.69) is 15.2 Å². The van der Waals surface area contributed by atoms with Crippen molar-refractivity contribution in [3.8, 4) is 0 Å². The second kappa shape index (κ2) is 11.6. The Kier molecular flexibility index (Phi) is 8.37. The molecule has 3 aliphatic rings. The van der Waals surface area contributed by atoms with Crippen LogP contribution in [0.3, 0.4) is 0 Å². The predicted octanol–water partition coefficient (Wildman–Crippen LogP) is 3.58. The molecule has 5 rings (SSSR count). The number of amides is 2. The van der Waals surface area contributed by atoms with Crippen LogP contribution in [0.4, 0.5) is 5.69 Å². The average Bonchev–Trinajstić information content (AvgIpc) is 3.24. The molecule has 3 heterocycles. The Labute approximate surface area is 205 Å². The first kappa shape index (κ1) is 24.4. The molecule has 0 bridgehead atoms. The van der Waals surface area contributed by atoms with Crippen LogP contribution in [0.15, 0.2) is 42.6 Å². The third kappa shape index (κ3) is 5.87. The van der Waals surface area contributed by atoms with Crippen molar-refractivity contribution in [3.05, 3.63) is 59.2 Å². The zero-order valence-electron chi connectivity index (χ0n) is 19.6. The molecule has 8 nitrogen and oxygen atoms in total. The highest BCUT2D eigenvalue weighted by molar-refractivity contribution is 6.33. The second-order valence-electron chi connectivity index (χ2n) is 8.64. The molecule has 1 aromatic carbocycles. The molecule has 1 aromatic heterocycles. The summed E-state index contributed by atoms with van der Waals surface area (Å²) >= 11 is 6.07. The summed E-state index contributed by atoms with van der Waals surface area (Å²) in [5, 5.41) is 3.27. The summed E-state index contributed by atoms with van der Waals surface area (Å²) in [4.78, 5) is 33.0. The Morgan fingerprint density at radius 2 is 1.91 bits per heavy atom. The topological polar surface area (TPSA) is 79.7 Å². The Morgan fingerprint density at radius 1 is 1.15 bits per heavy atom. The number of imidazole rings is 1. The SMILES string of the molecule is C/C=C/C(=O)N1CCn2c(C(=O)Nc3ccccc3Cl)cnc2C1.C1CC(N2CCOCC2)C1. The monoisotopic (exact) mass is 485 g/mol. The van der Waals surface area contributed by atoms with Gasteiger partial charge in [-0.2, -0.15) is 0 Å². The maximum absolute atomic E-state index is 12.5. The summed E-state index contributed by atoms with van der Waals surface area (Å²) in [6.07, 6.45) is 9.09. The number of anilines is 1. The smallest absolute Gasteiger partial charge is 0.273 e. The van der Waals surface area contributed by atoms with Crippen LogP contribution in [0.25, 0.3) is 0 Å². The van der Waals surface area contributed by atoms with Crippen molar-refractivity contribution in [2.75, 3.05) is 38.2 Å². The third-order valence-electron chi connectivity index (χ3n) is 6.48. The molecule has 9 heteroatoms. The Balaban J connectivity index is 0.000000226. The highest BCUT2D eigenvalue weighted by atomic mass is 35.5. The number of aromatic nitrogens is 2. The highest BCUT2D eigenvalue weighted by Crippen LogP contribution is 2.25. The molecule has 1 saturated carbocycles. The van der Waals surface area contributed by atoms with Crippen molar-refractivity contribution >= 4 is 29.1 Å². The Bertz CT molecular complexity index is 1030. The first-order chi connectivity index (χ1) is 16.6. The molecule has 0 unspecified atom stereocenters. The number of para-hydroxylation sites is 1. The van der Waals surface area contributed by atoms with Gasteiger partial charge >= 0.3 is 0 Å². The van der Waals surface area contributed by atoms with Crippen LogP contribution in [0.2, 0.25) is 5.02 Å². The van der Waals surface area contributed by atoms with Crippen LogP contribution in [-0.4, -0.2) is 70.1 Å². The number of rotatable bonds is 4. The lowest BCUT2D eigenvalue weighted by atomic mass is 9.91. The molecule has 34 heavy (non-hydrogen) atoms. The van der Waals surface area contributed by atoms with Crippen LogP contribution in [0.1, 0.15) is 42.5 Å². The molecule has 2 aromatic rings. The zero-order chi connectivity index (χ0) is 23.9. The summed E-state index contributed by atoms with van der Waals surface area (Å²) in [7, 11) is 0. The van der Waals surface area contributed by atoms with Gasteiger partial charge in [0, 0.05) is 32.2 Å². The van der Waals surface area contributed by atoms with Gasteiger partial charge in [0.1, 0.15) is 11.5 Å². The molecule has 1 aliphatic carbocycles. The number of hydrogen-bond acceptors (Lipinski definition) is 5. The molecular weight excluding hydrogens is 454 g/mol. The van der Waals surface area contributed by atoms with Crippen molar-refractivity contribution in [1.82, 2.24) is 19.4 Å². The van der Waals surface area contributed by atoms with Gasteiger partial charge in [-0.1, -0.05) is 36.2 Å². The van der Waals surface area contributed by atoms with E-state index in [1.165, 1.54) is 44.6 Å². The molecule has 182 valence electrons. The van der Waals surface area contributed by atoms with Crippen molar-refractivity contribution in [1.29, 1.82) is 0 Å². The number of morpholine rings is 1. The van der Waals surface area contributed by atoms with Crippen LogP contribution < -0.4 is 5.32 Å². The minimum Gasteiger partial charge on any atom is -0.379 e. The van der Waals surface area contributed by atoms with E-state index in [4.69, 9.17) is 16.3 Å². The number of carbonyl (C=O) groups is 2. The van der Waals surface area contributed by atoms with Crippen LogP contribution in [0, 0.1) is 0 Å². The molecule has 0 radical (unpaired) electrons. The van der Waals surface area contributed by atoms with E-state index >= 15 is 0 Å². The highest BCUT2D eigenvalue weighted by Gasteiger charge is 2.26. The van der Waals surface area contributed by atoms with Crippen molar-refractivity contribution < 1.29 is 14.3 Å². The van der Waals surface area contributed by atoms with Crippen molar-refractivity contribution in [2.45, 2.75) is 45.3 Å². The fourth-order valence-corrected chi connectivity index (χ4v) is 4.50. The van der Waals surface area contributed by atoms with Crippen LogP contribution >= 0.6 is 11.6 Å². The van der Waals surface area contributed by atoms with E-state index in [9.17, 15) is 9.59 Å². The summed E-state index contributed by atoms with van der Waals surface area (Å²) in [5.41, 5.74) is 1.02. The van der Waals surface area contributed by atoms with Gasteiger partial charge in [-0.25, -0.2) is 4.98 Å². The number of fused-ring (bicyclic) bond motifs is 1. The molecule has 2 aliphatic heterocycles. The first-order valence-corrected chi connectivity index (χ1v) is 12.3. The van der Waals surface area contributed by atoms with Gasteiger partial charge in [0.25, 0.3) is 5.91 Å². The van der Waals surface area contributed by atoms with Gasteiger partial charge in [0.05, 0.1) is 36.7 Å². The van der Waals surface area contributed by atoms with Gasteiger partial charge in [0.15, 0.2) is 0 Å². The lowest BCUT2D eigenvalue weighted by Gasteiger charge is -2.39. The quantitative estimate of drug-likeness (QED) is 0.669. The van der Waals surface area contributed by atoms with E-state index in [1.807, 2.05) is 4.57 Å². The number of ether oxygens (including phenoxy) is 1. The summed E-state index contributed by atoms with van der Waals surface area (Å²) in [6, 6.07) is 7.98. The maximum atomic E-state index is 12.5. The van der Waals surface area contributed by atoms with Gasteiger partial charge in [-0.05, 0) is 38.0 Å². The van der Waals surface area contributed by atoms with E-state index in [1.54, 1.807) is 42.2 Å². The largest absolute Gasteiger partial charge is 0.379 e. The lowest BCUT2D eigenvalue weighted by Crippen LogP contribution is -2.46. The van der Waals surface area contributed by atoms with Gasteiger partial charge in [0.2, 0.25) is 5.91 Å². The number of nitrogens with zero attached hydrogens (tertiary/aromatic N) is 4. The normalized spacial score (nSPS) is 18.6. The number of benzene rings is 1. The van der Waals surface area contributed by atoms with Crippen molar-refractivity contribution in [2.24, 2.45) is 0 Å². The zero-order valence-corrected chi connectivity index (χ0v) is 20.3. The summed E-state index contributed by atoms with van der Waals surface area (Å²) in [6.45, 7) is 7.52. The molecule has 1 N–H and O–H groups in total. The fraction of sp³-hybridized carbons (Fsp3) is 0.480. The van der Waals surface area contributed by atoms with E-state index in [0.717, 1.165) is 19.3 Å². The Hall–Kier alpha value is -2.68. The van der Waals surface area contributed by atoms with E-state index < -0.39 is 0 Å². The minimum atomic E-state index is -0.268. The van der Waals surface area contributed by atoms with Gasteiger partial charge in [-0.3, -0.25) is 14.5 Å². The van der Waals surface area contributed by atoms with E-state index in [0.29, 0.717) is 41.9 Å². The molecule has 0 spiro atoms. The maximum Gasteiger partial charge on any atom is 0.273 e. The molecule has 0 atom stereocenters. The average molecular weight is 486 g/mol. The second-order valence-corrected chi connectivity index (χ2v) is 9.05. The number of hydrogen-bond donors (Lipinski definition) is 1. The standard InChI is InChI=1S/C17H17ClN4O2.C8H15NO/c1-2-5-16(23)21-8-9-22-14(10-19-15(22)11-21)17(24)20-13-7-4-3-6-12(13)18;1-2-8(3-1)9-4-6-10-7-5-9/h2-7,10H,8-9,11H2,1H3,(H,20,24);8H,1-7H2/b5-2+;. The van der Waals surface area contributed by atoms with Gasteiger partial charge in [-0.15, -0.1) is 0 Å². The number of halogens is 1. The molecular formula is C25H32ClN5O3. The number of carbonyl (C=O) groups excluding carboxylic acids is 2. The van der Waals surface area contributed by atoms with E-state index in [-0.39, 0.29) is 11.8 Å². The Morgan fingerprint density at radius 3 is 2.59 bits per heavy atom. The van der Waals surface area contributed by atoms with Gasteiger partial charge < -0.3 is 19.5 Å². The minimum absolute atomic E-state index is 0.0474. The summed E-state index contributed by atoms with van der Waals surface area (Å²) in [5.74, 6) is 0.382. The number of nitrogens with one attached hydrogen (secondary N) is 1. The predicted molar refractivity (Wildman–Crippen MR) is 132 cm³/mol. The van der Waals surface area contributed by atoms with Crippen LogP contribution in [-0.2, 0) is 22.6 Å². The first-order valence-electron chi connectivity index (χ1n) is 11.9. The molecule has 2 fully saturated rings.